The molecule has 28 heavy (non-hydrogen) atoms. The van der Waals surface area contributed by atoms with Crippen LogP contribution in [0.25, 0.3) is 0 Å². The molecule has 2 saturated heterocycles. The summed E-state index contributed by atoms with van der Waals surface area (Å²) in [5, 5.41) is 0. The van der Waals surface area contributed by atoms with Crippen LogP contribution in [0.15, 0.2) is 42.9 Å². The zero-order chi connectivity index (χ0) is 19.5. The highest BCUT2D eigenvalue weighted by atomic mass is 16.5. The molecule has 0 aliphatic carbocycles. The first kappa shape index (κ1) is 19.0. The largest absolute Gasteiger partial charge is 0.380 e. The molecule has 148 valence electrons. The van der Waals surface area contributed by atoms with E-state index in [1.807, 2.05) is 11.8 Å². The molecule has 2 aliphatic rings. The van der Waals surface area contributed by atoms with Gasteiger partial charge in [-0.1, -0.05) is 24.3 Å². The van der Waals surface area contributed by atoms with E-state index in [1.54, 1.807) is 18.6 Å². The number of carbonyl (C=O) groups is 1. The lowest BCUT2D eigenvalue weighted by molar-refractivity contribution is 0.0682. The summed E-state index contributed by atoms with van der Waals surface area (Å²) in [6, 6.07) is 8.52. The number of fused-ring (bicyclic) bond motifs is 1. The number of aryl methyl sites for hydroxylation is 1. The van der Waals surface area contributed by atoms with Gasteiger partial charge in [0.15, 0.2) is 0 Å². The fraction of sp³-hybridized carbons (Fsp3) is 0.500. The summed E-state index contributed by atoms with van der Waals surface area (Å²) >= 11 is 0. The Morgan fingerprint density at radius 3 is 2.82 bits per heavy atom. The summed E-state index contributed by atoms with van der Waals surface area (Å²) in [5.41, 5.74) is 2.91. The summed E-state index contributed by atoms with van der Waals surface area (Å²) in [6.07, 6.45) is 4.76. The van der Waals surface area contributed by atoms with Crippen LogP contribution in [0, 0.1) is 18.8 Å². The average Bonchev–Trinajstić information content (AvgIpc) is 3.26. The number of rotatable bonds is 6. The van der Waals surface area contributed by atoms with Gasteiger partial charge in [-0.2, -0.15) is 0 Å². The maximum atomic E-state index is 13.3. The predicted octanol–water partition coefficient (Wildman–Crippen LogP) is 2.57. The molecular weight excluding hydrogens is 352 g/mol. The van der Waals surface area contributed by atoms with Crippen molar-refractivity contribution in [3.05, 3.63) is 59.7 Å². The van der Waals surface area contributed by atoms with Crippen molar-refractivity contribution in [2.45, 2.75) is 19.9 Å². The van der Waals surface area contributed by atoms with Gasteiger partial charge in [0.2, 0.25) is 0 Å². The smallest absolute Gasteiger partial charge is 0.274 e. The summed E-state index contributed by atoms with van der Waals surface area (Å²) in [4.78, 5) is 26.1. The van der Waals surface area contributed by atoms with Gasteiger partial charge in [0.25, 0.3) is 5.91 Å². The third kappa shape index (κ3) is 3.66. The first-order valence-corrected chi connectivity index (χ1v) is 10.1. The quantitative estimate of drug-likeness (QED) is 0.721. The van der Waals surface area contributed by atoms with Crippen LogP contribution in [0.4, 0.5) is 0 Å². The van der Waals surface area contributed by atoms with Gasteiger partial charge in [0, 0.05) is 51.1 Å². The molecule has 1 aromatic carbocycles. The van der Waals surface area contributed by atoms with Crippen molar-refractivity contribution in [2.75, 3.05) is 39.4 Å². The Hall–Kier alpha value is -2.31. The summed E-state index contributed by atoms with van der Waals surface area (Å²) in [5.74, 6) is 0.895. The van der Waals surface area contributed by atoms with E-state index >= 15 is 0 Å². The van der Waals surface area contributed by atoms with E-state index in [0.717, 1.165) is 39.4 Å². The van der Waals surface area contributed by atoms with Crippen LogP contribution in [0.1, 0.15) is 34.6 Å². The van der Waals surface area contributed by atoms with Crippen molar-refractivity contribution >= 4 is 5.91 Å². The van der Waals surface area contributed by atoms with Gasteiger partial charge in [-0.15, -0.1) is 0 Å². The number of ether oxygens (including phenoxy) is 1. The van der Waals surface area contributed by atoms with Crippen molar-refractivity contribution in [1.82, 2.24) is 19.8 Å². The number of aromatic nitrogens is 2. The minimum Gasteiger partial charge on any atom is -0.380 e. The molecule has 2 aliphatic heterocycles. The minimum absolute atomic E-state index is 0.0170. The van der Waals surface area contributed by atoms with E-state index in [2.05, 4.69) is 46.1 Å². The average molecular weight is 380 g/mol. The molecule has 1 aromatic heterocycles. The van der Waals surface area contributed by atoms with E-state index in [0.29, 0.717) is 17.5 Å². The molecule has 3 atom stereocenters. The molecule has 1 amide bonds. The highest BCUT2D eigenvalue weighted by molar-refractivity contribution is 5.92. The number of carbonyl (C=O) groups excluding carboxylic acids is 1. The fourth-order valence-corrected chi connectivity index (χ4v) is 4.74. The third-order valence-electron chi connectivity index (χ3n) is 6.05. The van der Waals surface area contributed by atoms with Crippen LogP contribution in [-0.4, -0.2) is 65.1 Å². The summed E-state index contributed by atoms with van der Waals surface area (Å²) < 4.78 is 5.54. The molecule has 2 aromatic rings. The van der Waals surface area contributed by atoms with Crippen LogP contribution in [-0.2, 0) is 4.74 Å². The molecule has 6 heteroatoms. The Labute approximate surface area is 166 Å². The highest BCUT2D eigenvalue weighted by Gasteiger charge is 2.49. The second kappa shape index (κ2) is 8.37. The maximum absolute atomic E-state index is 13.3. The van der Waals surface area contributed by atoms with Gasteiger partial charge in [-0.3, -0.25) is 9.78 Å². The minimum atomic E-state index is -0.0170. The van der Waals surface area contributed by atoms with Crippen LogP contribution in [0.5, 0.6) is 0 Å². The zero-order valence-corrected chi connectivity index (χ0v) is 16.6. The first-order valence-electron chi connectivity index (χ1n) is 10.1. The van der Waals surface area contributed by atoms with Gasteiger partial charge in [-0.05, 0) is 30.9 Å². The molecule has 6 nitrogen and oxygen atoms in total. The van der Waals surface area contributed by atoms with Gasteiger partial charge >= 0.3 is 0 Å². The van der Waals surface area contributed by atoms with E-state index in [4.69, 9.17) is 4.74 Å². The second-order valence-corrected chi connectivity index (χ2v) is 7.73. The van der Waals surface area contributed by atoms with E-state index in [9.17, 15) is 4.79 Å². The monoisotopic (exact) mass is 380 g/mol. The van der Waals surface area contributed by atoms with Crippen LogP contribution in [0.2, 0.25) is 0 Å². The SMILES string of the molecule is CCOCCN1C[C@H]2CN(C(=O)c3cnccn3)[C@H](c3ccccc3C)[C@H]2C1. The van der Waals surface area contributed by atoms with E-state index in [1.165, 1.54) is 11.1 Å². The van der Waals surface area contributed by atoms with E-state index < -0.39 is 0 Å². The molecule has 0 saturated carbocycles. The second-order valence-electron chi connectivity index (χ2n) is 7.73. The number of hydrogen-bond donors (Lipinski definition) is 0. The Morgan fingerprint density at radius 1 is 1.21 bits per heavy atom. The van der Waals surface area contributed by atoms with Gasteiger partial charge in [0.1, 0.15) is 5.69 Å². The number of nitrogens with zero attached hydrogens (tertiary/aromatic N) is 4. The van der Waals surface area contributed by atoms with Crippen molar-refractivity contribution in [2.24, 2.45) is 11.8 Å². The molecule has 2 fully saturated rings. The van der Waals surface area contributed by atoms with Crippen LogP contribution in [0.3, 0.4) is 0 Å². The molecule has 0 radical (unpaired) electrons. The Kier molecular flexibility index (Phi) is 5.69. The molecule has 0 spiro atoms. The highest BCUT2D eigenvalue weighted by Crippen LogP contribution is 2.46. The Morgan fingerprint density at radius 2 is 2.07 bits per heavy atom. The van der Waals surface area contributed by atoms with Crippen molar-refractivity contribution < 1.29 is 9.53 Å². The third-order valence-corrected chi connectivity index (χ3v) is 6.05. The topological polar surface area (TPSA) is 58.6 Å². The van der Waals surface area contributed by atoms with Crippen molar-refractivity contribution in [3.8, 4) is 0 Å². The molecule has 0 bridgehead atoms. The first-order chi connectivity index (χ1) is 13.7. The Balaban J connectivity index is 1.60. The standard InChI is InChI=1S/C22H28N4O2/c1-3-28-11-10-25-13-17-14-26(22(27)20-12-23-8-9-24-20)21(19(17)15-25)18-7-5-4-6-16(18)2/h4-9,12,17,19,21H,3,10-11,13-15H2,1-2H3/t17-,19-,21+/m0/s1. The molecule has 4 rings (SSSR count). The molecule has 0 N–H and O–H groups in total. The number of hydrogen-bond acceptors (Lipinski definition) is 5. The fourth-order valence-electron chi connectivity index (χ4n) is 4.74. The van der Waals surface area contributed by atoms with Gasteiger partial charge < -0.3 is 14.5 Å². The molecule has 3 heterocycles. The van der Waals surface area contributed by atoms with Gasteiger partial charge in [0.05, 0.1) is 18.8 Å². The lowest BCUT2D eigenvalue weighted by Crippen LogP contribution is -2.37. The van der Waals surface area contributed by atoms with Crippen molar-refractivity contribution in [3.63, 3.8) is 0 Å². The maximum Gasteiger partial charge on any atom is 0.274 e. The van der Waals surface area contributed by atoms with Crippen LogP contribution < -0.4 is 0 Å². The van der Waals surface area contributed by atoms with E-state index in [-0.39, 0.29) is 11.9 Å². The van der Waals surface area contributed by atoms with Gasteiger partial charge in [-0.25, -0.2) is 4.98 Å². The summed E-state index contributed by atoms with van der Waals surface area (Å²) in [7, 11) is 0. The number of amides is 1. The lowest BCUT2D eigenvalue weighted by atomic mass is 9.87. The Bertz CT molecular complexity index is 813. The zero-order valence-electron chi connectivity index (χ0n) is 16.6. The predicted molar refractivity (Wildman–Crippen MR) is 107 cm³/mol. The van der Waals surface area contributed by atoms with Crippen molar-refractivity contribution in [1.29, 1.82) is 0 Å². The molecular formula is C22H28N4O2. The summed E-state index contributed by atoms with van der Waals surface area (Å²) in [6.45, 7) is 9.44. The number of benzene rings is 1. The number of likely N-dealkylation sites (tertiary alicyclic amines) is 2. The lowest BCUT2D eigenvalue weighted by Gasteiger charge is -2.30. The van der Waals surface area contributed by atoms with Crippen LogP contribution >= 0.6 is 0 Å². The normalized spacial score (nSPS) is 24.5. The molecule has 0 unspecified atom stereocenters.